The number of benzene rings is 3. The first-order chi connectivity index (χ1) is 16.4. The lowest BCUT2D eigenvalue weighted by atomic mass is 10.1. The second-order valence-electron chi connectivity index (χ2n) is 6.93. The number of amides is 1. The zero-order chi connectivity index (χ0) is 24.5. The van der Waals surface area contributed by atoms with Crippen molar-refractivity contribution in [1.82, 2.24) is 5.43 Å². The van der Waals surface area contributed by atoms with Crippen LogP contribution >= 0.6 is 0 Å². The predicted molar refractivity (Wildman–Crippen MR) is 123 cm³/mol. The van der Waals surface area contributed by atoms with Crippen LogP contribution in [0.2, 0.25) is 0 Å². The quantitative estimate of drug-likeness (QED) is 0.169. The normalized spacial score (nSPS) is 10.5. The maximum Gasteiger partial charge on any atom is 0.343 e. The Balaban J connectivity index is 1.57. The van der Waals surface area contributed by atoms with Gasteiger partial charge in [0.25, 0.3) is 5.69 Å². The molecular formula is C24H21N3O7. The number of hydrazone groups is 1. The van der Waals surface area contributed by atoms with Crippen LogP contribution < -0.4 is 19.6 Å². The van der Waals surface area contributed by atoms with E-state index in [0.717, 1.165) is 5.56 Å². The van der Waals surface area contributed by atoms with Crippen LogP contribution in [0, 0.1) is 10.1 Å². The summed E-state index contributed by atoms with van der Waals surface area (Å²) < 4.78 is 15.7. The third-order valence-electron chi connectivity index (χ3n) is 4.60. The Hall–Kier alpha value is -4.73. The molecule has 174 valence electrons. The van der Waals surface area contributed by atoms with Crippen LogP contribution in [-0.2, 0) is 11.2 Å². The summed E-state index contributed by atoms with van der Waals surface area (Å²) in [7, 11) is 3.05. The van der Waals surface area contributed by atoms with Gasteiger partial charge in [0, 0.05) is 12.1 Å². The molecule has 10 nitrogen and oxygen atoms in total. The van der Waals surface area contributed by atoms with Crippen molar-refractivity contribution in [3.05, 3.63) is 93.5 Å². The van der Waals surface area contributed by atoms with Gasteiger partial charge >= 0.3 is 5.97 Å². The van der Waals surface area contributed by atoms with E-state index in [9.17, 15) is 19.7 Å². The number of nitro benzene ring substituents is 1. The molecule has 0 aromatic heterocycles. The van der Waals surface area contributed by atoms with Crippen molar-refractivity contribution in [2.75, 3.05) is 14.2 Å². The van der Waals surface area contributed by atoms with Gasteiger partial charge in [-0.25, -0.2) is 10.2 Å². The van der Waals surface area contributed by atoms with Gasteiger partial charge in [-0.2, -0.15) is 5.10 Å². The van der Waals surface area contributed by atoms with Gasteiger partial charge in [0.05, 0.1) is 37.3 Å². The molecule has 0 saturated carbocycles. The number of rotatable bonds is 9. The highest BCUT2D eigenvalue weighted by molar-refractivity contribution is 5.91. The Morgan fingerprint density at radius 1 is 1.00 bits per heavy atom. The van der Waals surface area contributed by atoms with E-state index in [4.69, 9.17) is 14.2 Å². The highest BCUT2D eigenvalue weighted by Gasteiger charge is 2.12. The van der Waals surface area contributed by atoms with Gasteiger partial charge in [-0.1, -0.05) is 18.2 Å². The first-order valence-corrected chi connectivity index (χ1v) is 9.99. The van der Waals surface area contributed by atoms with Crippen LogP contribution in [-0.4, -0.2) is 37.2 Å². The molecule has 34 heavy (non-hydrogen) atoms. The Labute approximate surface area is 194 Å². The van der Waals surface area contributed by atoms with E-state index in [1.165, 1.54) is 44.7 Å². The molecule has 1 amide bonds. The van der Waals surface area contributed by atoms with Gasteiger partial charge in [0.15, 0.2) is 11.5 Å². The lowest BCUT2D eigenvalue weighted by Crippen LogP contribution is -2.19. The Bertz CT molecular complexity index is 1220. The number of nitro groups is 1. The monoisotopic (exact) mass is 463 g/mol. The molecule has 10 heteroatoms. The highest BCUT2D eigenvalue weighted by Crippen LogP contribution is 2.27. The van der Waals surface area contributed by atoms with E-state index < -0.39 is 10.9 Å². The van der Waals surface area contributed by atoms with Gasteiger partial charge in [-0.05, 0) is 47.5 Å². The minimum atomic E-state index is -0.660. The van der Waals surface area contributed by atoms with Crippen LogP contribution in [0.1, 0.15) is 21.5 Å². The van der Waals surface area contributed by atoms with Gasteiger partial charge < -0.3 is 14.2 Å². The Morgan fingerprint density at radius 3 is 2.41 bits per heavy atom. The number of nitrogens with one attached hydrogen (secondary N) is 1. The average Bonchev–Trinajstić information content (AvgIpc) is 2.84. The van der Waals surface area contributed by atoms with Crippen molar-refractivity contribution >= 4 is 23.8 Å². The molecule has 0 heterocycles. The first kappa shape index (κ1) is 23.9. The summed E-state index contributed by atoms with van der Waals surface area (Å²) in [5.41, 5.74) is 3.80. The smallest absolute Gasteiger partial charge is 0.343 e. The number of hydrogen-bond acceptors (Lipinski definition) is 8. The fourth-order valence-corrected chi connectivity index (χ4v) is 2.94. The zero-order valence-corrected chi connectivity index (χ0v) is 18.4. The van der Waals surface area contributed by atoms with Gasteiger partial charge in [-0.3, -0.25) is 14.9 Å². The molecule has 0 atom stereocenters. The van der Waals surface area contributed by atoms with Crippen molar-refractivity contribution in [3.8, 4) is 17.2 Å². The molecular weight excluding hydrogens is 442 g/mol. The van der Waals surface area contributed by atoms with Crippen LogP contribution in [0.4, 0.5) is 5.69 Å². The molecule has 0 saturated heterocycles. The molecule has 0 spiro atoms. The van der Waals surface area contributed by atoms with Crippen LogP contribution in [0.25, 0.3) is 0 Å². The summed E-state index contributed by atoms with van der Waals surface area (Å²) in [4.78, 5) is 34.6. The molecule has 3 aromatic rings. The number of nitrogens with zero attached hydrogens (tertiary/aromatic N) is 2. The van der Waals surface area contributed by atoms with Crippen molar-refractivity contribution in [1.29, 1.82) is 0 Å². The number of carbonyl (C=O) groups is 2. The van der Waals surface area contributed by atoms with Crippen molar-refractivity contribution in [2.24, 2.45) is 5.10 Å². The summed E-state index contributed by atoms with van der Waals surface area (Å²) >= 11 is 0. The molecule has 0 aliphatic carbocycles. The van der Waals surface area contributed by atoms with Gasteiger partial charge in [0.2, 0.25) is 5.91 Å². The second kappa shape index (κ2) is 11.2. The minimum absolute atomic E-state index is 0.0879. The molecule has 0 aliphatic rings. The zero-order valence-electron chi connectivity index (χ0n) is 18.4. The predicted octanol–water partition coefficient (Wildman–Crippen LogP) is 3.52. The van der Waals surface area contributed by atoms with Crippen LogP contribution in [0.15, 0.2) is 71.8 Å². The molecule has 0 aliphatic heterocycles. The molecule has 3 aromatic carbocycles. The molecule has 0 bridgehead atoms. The van der Waals surface area contributed by atoms with Crippen molar-refractivity contribution < 1.29 is 28.7 Å². The fourth-order valence-electron chi connectivity index (χ4n) is 2.94. The van der Waals surface area contributed by atoms with Gasteiger partial charge in [0.1, 0.15) is 5.75 Å². The fraction of sp³-hybridized carbons (Fsp3) is 0.125. The van der Waals surface area contributed by atoms with E-state index >= 15 is 0 Å². The topological polar surface area (TPSA) is 129 Å². The number of methoxy groups -OCH3 is 2. The SMILES string of the molecule is COc1ccc(CC(=O)N/N=C/c2cccc(OC(=O)c3ccc([N+](=O)[O-])cc3)c2)cc1OC. The van der Waals surface area contributed by atoms with E-state index in [2.05, 4.69) is 10.5 Å². The van der Waals surface area contributed by atoms with Crippen LogP contribution in [0.5, 0.6) is 17.2 Å². The highest BCUT2D eigenvalue weighted by atomic mass is 16.6. The van der Waals surface area contributed by atoms with E-state index in [1.54, 1.807) is 42.5 Å². The maximum atomic E-state index is 12.3. The number of hydrogen-bond donors (Lipinski definition) is 1. The van der Waals surface area contributed by atoms with E-state index in [-0.39, 0.29) is 29.3 Å². The molecule has 0 unspecified atom stereocenters. The third kappa shape index (κ3) is 6.39. The standard InChI is InChI=1S/C24H21N3O7/c1-32-21-11-6-16(13-22(21)33-2)14-23(28)26-25-15-17-4-3-5-20(12-17)34-24(29)18-7-9-19(10-8-18)27(30)31/h3-13,15H,14H2,1-2H3,(H,26,28)/b25-15+. The first-order valence-electron chi connectivity index (χ1n) is 9.99. The number of ether oxygens (including phenoxy) is 3. The van der Waals surface area contributed by atoms with Crippen molar-refractivity contribution in [3.63, 3.8) is 0 Å². The average molecular weight is 463 g/mol. The Kier molecular flexibility index (Phi) is 7.90. The molecule has 1 N–H and O–H groups in total. The van der Waals surface area contributed by atoms with Gasteiger partial charge in [-0.15, -0.1) is 0 Å². The summed E-state index contributed by atoms with van der Waals surface area (Å²) in [5.74, 6) is 0.357. The maximum absolute atomic E-state index is 12.3. The number of esters is 1. The third-order valence-corrected chi connectivity index (χ3v) is 4.60. The van der Waals surface area contributed by atoms with Crippen molar-refractivity contribution in [2.45, 2.75) is 6.42 Å². The summed E-state index contributed by atoms with van der Waals surface area (Å²) in [6, 6.07) is 16.8. The summed E-state index contributed by atoms with van der Waals surface area (Å²) in [5, 5.41) is 14.7. The summed E-state index contributed by atoms with van der Waals surface area (Å²) in [6.07, 6.45) is 1.50. The Morgan fingerprint density at radius 2 is 1.74 bits per heavy atom. The van der Waals surface area contributed by atoms with E-state index in [1.807, 2.05) is 0 Å². The van der Waals surface area contributed by atoms with E-state index in [0.29, 0.717) is 17.1 Å². The second-order valence-corrected chi connectivity index (χ2v) is 6.93. The number of non-ortho nitro benzene ring substituents is 1. The lowest BCUT2D eigenvalue weighted by molar-refractivity contribution is -0.384. The largest absolute Gasteiger partial charge is 0.493 e. The molecule has 0 fully saturated rings. The summed E-state index contributed by atoms with van der Waals surface area (Å²) in [6.45, 7) is 0. The van der Waals surface area contributed by atoms with Crippen LogP contribution in [0.3, 0.4) is 0 Å². The lowest BCUT2D eigenvalue weighted by Gasteiger charge is -2.09. The minimum Gasteiger partial charge on any atom is -0.493 e. The number of carbonyl (C=O) groups excluding carboxylic acids is 2. The molecule has 0 radical (unpaired) electrons. The molecule has 3 rings (SSSR count).